The number of carbonyl (C=O) groups is 2. The Morgan fingerprint density at radius 2 is 2.00 bits per heavy atom. The zero-order valence-electron chi connectivity index (χ0n) is 16.5. The molecule has 0 radical (unpaired) electrons. The molecule has 0 aromatic carbocycles. The molecule has 2 rings (SSSR count). The molecule has 0 aliphatic carbocycles. The topological polar surface area (TPSA) is 101 Å². The third-order valence-electron chi connectivity index (χ3n) is 5.31. The van der Waals surface area contributed by atoms with Crippen LogP contribution in [0, 0.1) is 17.4 Å². The summed E-state index contributed by atoms with van der Waals surface area (Å²) in [6, 6.07) is -0.463. The zero-order chi connectivity index (χ0) is 19.6. The van der Waals surface area contributed by atoms with Crippen molar-refractivity contribution in [3.05, 3.63) is 0 Å². The highest BCUT2D eigenvalue weighted by molar-refractivity contribution is 5.92. The van der Waals surface area contributed by atoms with Crippen LogP contribution in [-0.4, -0.2) is 66.3 Å². The van der Waals surface area contributed by atoms with Gasteiger partial charge in [0.2, 0.25) is 17.8 Å². The summed E-state index contributed by atoms with van der Waals surface area (Å²) in [5.74, 6) is 0.684. The van der Waals surface area contributed by atoms with Crippen molar-refractivity contribution in [2.75, 3.05) is 32.7 Å². The Bertz CT molecular complexity index is 579. The lowest BCUT2D eigenvalue weighted by Gasteiger charge is -2.27. The van der Waals surface area contributed by atoms with Crippen molar-refractivity contribution in [3.8, 4) is 6.19 Å². The molecule has 0 bridgehead atoms. The summed E-state index contributed by atoms with van der Waals surface area (Å²) >= 11 is 0. The number of nitrogens with one attached hydrogen (secondary N) is 2. The summed E-state index contributed by atoms with van der Waals surface area (Å²) in [4.78, 5) is 33.3. The highest BCUT2D eigenvalue weighted by atomic mass is 16.2. The van der Waals surface area contributed by atoms with E-state index in [1.54, 1.807) is 4.90 Å². The normalized spacial score (nSPS) is 22.2. The van der Waals surface area contributed by atoms with Crippen molar-refractivity contribution >= 4 is 17.8 Å². The Morgan fingerprint density at radius 3 is 2.67 bits per heavy atom. The van der Waals surface area contributed by atoms with Crippen molar-refractivity contribution in [3.63, 3.8) is 0 Å². The van der Waals surface area contributed by atoms with E-state index >= 15 is 0 Å². The lowest BCUT2D eigenvalue weighted by atomic mass is 10.1. The van der Waals surface area contributed by atoms with Gasteiger partial charge in [0, 0.05) is 26.2 Å². The van der Waals surface area contributed by atoms with Gasteiger partial charge in [0.15, 0.2) is 6.19 Å². The smallest absolute Gasteiger partial charge is 0.245 e. The number of guanidine groups is 1. The first kappa shape index (κ1) is 21.0. The molecule has 2 aliphatic heterocycles. The predicted octanol–water partition coefficient (Wildman–Crippen LogP) is 1.05. The molecule has 2 atom stereocenters. The van der Waals surface area contributed by atoms with E-state index in [0.29, 0.717) is 31.4 Å². The number of amides is 2. The second-order valence-electron chi connectivity index (χ2n) is 7.48. The zero-order valence-corrected chi connectivity index (χ0v) is 16.5. The van der Waals surface area contributed by atoms with E-state index in [4.69, 9.17) is 5.26 Å². The first-order valence-electron chi connectivity index (χ1n) is 10.1. The summed E-state index contributed by atoms with van der Waals surface area (Å²) in [6.45, 7) is 7.10. The molecule has 2 fully saturated rings. The number of nitrogens with zero attached hydrogens (tertiary/aromatic N) is 4. The summed E-state index contributed by atoms with van der Waals surface area (Å²) in [6.07, 6.45) is 7.40. The summed E-state index contributed by atoms with van der Waals surface area (Å²) in [5, 5.41) is 14.6. The largest absolute Gasteiger partial charge is 0.344 e. The van der Waals surface area contributed by atoms with Crippen molar-refractivity contribution in [1.29, 1.82) is 5.26 Å². The molecule has 0 aromatic rings. The number of likely N-dealkylation sites (tertiary alicyclic amines) is 2. The second kappa shape index (κ2) is 10.8. The Morgan fingerprint density at radius 1 is 1.30 bits per heavy atom. The molecular formula is C19H32N6O2. The molecule has 150 valence electrons. The molecule has 2 amide bonds. The maximum absolute atomic E-state index is 13.0. The van der Waals surface area contributed by atoms with E-state index in [1.807, 2.05) is 11.1 Å². The van der Waals surface area contributed by atoms with Gasteiger partial charge in [0.25, 0.3) is 0 Å². The van der Waals surface area contributed by atoms with Crippen LogP contribution in [0.4, 0.5) is 0 Å². The van der Waals surface area contributed by atoms with Crippen LogP contribution in [0.2, 0.25) is 0 Å². The average molecular weight is 377 g/mol. The lowest BCUT2D eigenvalue weighted by molar-refractivity contribution is -0.140. The van der Waals surface area contributed by atoms with Gasteiger partial charge in [-0.25, -0.2) is 0 Å². The van der Waals surface area contributed by atoms with Gasteiger partial charge in [-0.05, 0) is 38.0 Å². The van der Waals surface area contributed by atoms with E-state index in [1.165, 1.54) is 0 Å². The molecule has 27 heavy (non-hydrogen) atoms. The molecule has 0 saturated carbocycles. The number of rotatable bonds is 6. The van der Waals surface area contributed by atoms with Crippen LogP contribution in [0.25, 0.3) is 0 Å². The number of nitriles is 1. The predicted molar refractivity (Wildman–Crippen MR) is 104 cm³/mol. The van der Waals surface area contributed by atoms with Crippen molar-refractivity contribution in [2.45, 2.75) is 58.4 Å². The van der Waals surface area contributed by atoms with Crippen LogP contribution < -0.4 is 10.6 Å². The van der Waals surface area contributed by atoms with Crippen LogP contribution >= 0.6 is 0 Å². The Labute approximate surface area is 162 Å². The van der Waals surface area contributed by atoms with Crippen LogP contribution in [0.15, 0.2) is 4.99 Å². The van der Waals surface area contributed by atoms with E-state index in [-0.39, 0.29) is 18.4 Å². The molecule has 2 N–H and O–H groups in total. The summed E-state index contributed by atoms with van der Waals surface area (Å²) < 4.78 is 0. The fraction of sp³-hybridized carbons (Fsp3) is 0.789. The first-order valence-corrected chi connectivity index (χ1v) is 10.1. The van der Waals surface area contributed by atoms with Gasteiger partial charge in [-0.15, -0.1) is 0 Å². The van der Waals surface area contributed by atoms with Gasteiger partial charge >= 0.3 is 0 Å². The minimum Gasteiger partial charge on any atom is -0.344 e. The molecule has 2 saturated heterocycles. The lowest BCUT2D eigenvalue weighted by Crippen LogP contribution is -2.52. The van der Waals surface area contributed by atoms with Gasteiger partial charge < -0.3 is 15.1 Å². The standard InChI is InChI=1S/C19H32N6O2/c1-3-15(2)12-21-19(22-14-20)23-16-8-4-5-11-25(18(16)27)13-17(26)24-9-6-7-10-24/h15-16H,3-13H2,1-2H3,(H2,21,22,23). The fourth-order valence-corrected chi connectivity index (χ4v) is 3.34. The SMILES string of the molecule is CCC(C)CN=C(NC#N)NC1CCCCN(CC(=O)N2CCCC2)C1=O. The third kappa shape index (κ3) is 6.42. The van der Waals surface area contributed by atoms with Crippen molar-refractivity contribution in [2.24, 2.45) is 10.9 Å². The van der Waals surface area contributed by atoms with Gasteiger partial charge in [-0.3, -0.25) is 19.9 Å². The van der Waals surface area contributed by atoms with E-state index in [9.17, 15) is 9.59 Å². The highest BCUT2D eigenvalue weighted by Gasteiger charge is 2.30. The minimum atomic E-state index is -0.463. The average Bonchev–Trinajstić information content (AvgIpc) is 3.15. The van der Waals surface area contributed by atoms with Gasteiger partial charge in [-0.1, -0.05) is 20.3 Å². The van der Waals surface area contributed by atoms with Gasteiger partial charge in [0.1, 0.15) is 6.04 Å². The van der Waals surface area contributed by atoms with Crippen molar-refractivity contribution in [1.82, 2.24) is 20.4 Å². The quantitative estimate of drug-likeness (QED) is 0.312. The number of aliphatic imine (C=N–C) groups is 1. The monoisotopic (exact) mass is 376 g/mol. The molecule has 2 heterocycles. The van der Waals surface area contributed by atoms with Crippen LogP contribution in [-0.2, 0) is 9.59 Å². The third-order valence-corrected chi connectivity index (χ3v) is 5.31. The summed E-state index contributed by atoms with van der Waals surface area (Å²) in [5.41, 5.74) is 0. The molecule has 0 spiro atoms. The molecule has 0 aromatic heterocycles. The van der Waals surface area contributed by atoms with Gasteiger partial charge in [-0.2, -0.15) is 5.26 Å². The Kier molecular flexibility index (Phi) is 8.37. The molecule has 8 heteroatoms. The van der Waals surface area contributed by atoms with E-state index in [2.05, 4.69) is 29.5 Å². The second-order valence-corrected chi connectivity index (χ2v) is 7.48. The Balaban J connectivity index is 2.00. The van der Waals surface area contributed by atoms with Crippen LogP contribution in [0.3, 0.4) is 0 Å². The maximum atomic E-state index is 13.0. The van der Waals surface area contributed by atoms with Crippen LogP contribution in [0.5, 0.6) is 0 Å². The molecule has 2 unspecified atom stereocenters. The van der Waals surface area contributed by atoms with Gasteiger partial charge in [0.05, 0.1) is 6.54 Å². The number of carbonyl (C=O) groups excluding carboxylic acids is 2. The first-order chi connectivity index (χ1) is 13.0. The maximum Gasteiger partial charge on any atom is 0.245 e. The van der Waals surface area contributed by atoms with Crippen molar-refractivity contribution < 1.29 is 9.59 Å². The molecule has 8 nitrogen and oxygen atoms in total. The fourth-order valence-electron chi connectivity index (χ4n) is 3.34. The Hall–Kier alpha value is -2.30. The molecular weight excluding hydrogens is 344 g/mol. The molecule has 2 aliphatic rings. The minimum absolute atomic E-state index is 0.0299. The highest BCUT2D eigenvalue weighted by Crippen LogP contribution is 2.14. The summed E-state index contributed by atoms with van der Waals surface area (Å²) in [7, 11) is 0. The van der Waals surface area contributed by atoms with E-state index in [0.717, 1.165) is 45.2 Å². The number of hydrogen-bond acceptors (Lipinski definition) is 4. The van der Waals surface area contributed by atoms with E-state index < -0.39 is 6.04 Å². The van der Waals surface area contributed by atoms with Crippen LogP contribution in [0.1, 0.15) is 52.4 Å². The number of hydrogen-bond donors (Lipinski definition) is 2.